The summed E-state index contributed by atoms with van der Waals surface area (Å²) in [5.41, 5.74) is 0.949. The normalized spacial score (nSPS) is 10.3. The molecule has 1 N–H and O–H groups in total. The van der Waals surface area contributed by atoms with Gasteiger partial charge in [0.1, 0.15) is 5.69 Å². The van der Waals surface area contributed by atoms with Crippen molar-refractivity contribution in [1.29, 1.82) is 0 Å². The molecular weight excluding hydrogens is 191 g/mol. The Morgan fingerprint density at radius 3 is 2.69 bits per heavy atom. The lowest BCUT2D eigenvalue weighted by Crippen LogP contribution is -1.82. The van der Waals surface area contributed by atoms with Crippen LogP contribution in [-0.4, -0.2) is 10.2 Å². The summed E-state index contributed by atoms with van der Waals surface area (Å²) in [6.45, 7) is 0. The molecule has 0 aliphatic heterocycles. The van der Waals surface area contributed by atoms with E-state index in [-0.39, 0.29) is 0 Å². The Bertz CT molecular complexity index is 425. The van der Waals surface area contributed by atoms with Gasteiger partial charge in [0.25, 0.3) is 0 Å². The molecule has 0 unspecified atom stereocenters. The Kier molecular flexibility index (Phi) is 2.02. The van der Waals surface area contributed by atoms with Crippen molar-refractivity contribution < 1.29 is 4.39 Å². The third kappa shape index (κ3) is 1.42. The molecule has 0 amide bonds. The minimum absolute atomic E-state index is 0.325. The Balaban J connectivity index is 2.59. The maximum absolute atomic E-state index is 13.1. The van der Waals surface area contributed by atoms with E-state index in [2.05, 4.69) is 10.2 Å². The molecule has 13 heavy (non-hydrogen) atoms. The number of benzene rings is 1. The van der Waals surface area contributed by atoms with Crippen LogP contribution < -0.4 is 0 Å². The van der Waals surface area contributed by atoms with E-state index in [1.165, 1.54) is 0 Å². The van der Waals surface area contributed by atoms with E-state index in [1.54, 1.807) is 24.3 Å². The average Bonchev–Trinajstić information content (AvgIpc) is 2.52. The van der Waals surface area contributed by atoms with Crippen molar-refractivity contribution >= 4 is 11.6 Å². The highest BCUT2D eigenvalue weighted by molar-refractivity contribution is 6.33. The molecule has 0 saturated heterocycles. The Hall–Kier alpha value is -1.35. The van der Waals surface area contributed by atoms with E-state index in [0.717, 1.165) is 6.20 Å². The van der Waals surface area contributed by atoms with E-state index >= 15 is 0 Å². The summed E-state index contributed by atoms with van der Waals surface area (Å²) in [6.07, 6.45) is 1.12. The number of hydrogen-bond acceptors (Lipinski definition) is 1. The number of nitrogens with zero attached hydrogens (tertiary/aromatic N) is 1. The second-order valence-electron chi connectivity index (χ2n) is 2.57. The van der Waals surface area contributed by atoms with Crippen molar-refractivity contribution in [3.05, 3.63) is 41.3 Å². The summed E-state index contributed by atoms with van der Waals surface area (Å²) in [6, 6.07) is 7.03. The van der Waals surface area contributed by atoms with Crippen LogP contribution in [0.1, 0.15) is 0 Å². The molecule has 0 aliphatic carbocycles. The molecule has 1 aromatic carbocycles. The van der Waals surface area contributed by atoms with E-state index < -0.39 is 5.82 Å². The topological polar surface area (TPSA) is 28.7 Å². The van der Waals surface area contributed by atoms with Crippen LogP contribution in [0, 0.1) is 5.82 Å². The van der Waals surface area contributed by atoms with Crippen LogP contribution in [0.25, 0.3) is 11.3 Å². The number of rotatable bonds is 1. The van der Waals surface area contributed by atoms with Gasteiger partial charge < -0.3 is 0 Å². The molecule has 1 heterocycles. The van der Waals surface area contributed by atoms with Gasteiger partial charge in [-0.2, -0.15) is 5.10 Å². The first-order valence-electron chi connectivity index (χ1n) is 3.73. The van der Waals surface area contributed by atoms with Gasteiger partial charge in [0, 0.05) is 5.56 Å². The fourth-order valence-electron chi connectivity index (χ4n) is 1.12. The summed E-state index contributed by atoms with van der Waals surface area (Å²) < 4.78 is 13.1. The first-order chi connectivity index (χ1) is 6.29. The second-order valence-corrected chi connectivity index (χ2v) is 2.98. The van der Waals surface area contributed by atoms with Crippen molar-refractivity contribution in [2.24, 2.45) is 0 Å². The number of nitrogens with one attached hydrogen (secondary N) is 1. The van der Waals surface area contributed by atoms with E-state index in [9.17, 15) is 4.39 Å². The fourth-order valence-corrected chi connectivity index (χ4v) is 1.35. The quantitative estimate of drug-likeness (QED) is 0.747. The van der Waals surface area contributed by atoms with Crippen LogP contribution >= 0.6 is 11.6 Å². The van der Waals surface area contributed by atoms with Crippen LogP contribution in [0.3, 0.4) is 0 Å². The summed E-state index contributed by atoms with van der Waals surface area (Å²) in [4.78, 5) is 0. The molecular formula is C9H6ClFN2. The number of aromatic amines is 1. The highest BCUT2D eigenvalue weighted by Gasteiger charge is 2.09. The number of H-pyrrole nitrogens is 1. The van der Waals surface area contributed by atoms with Gasteiger partial charge in [-0.05, 0) is 6.07 Å². The van der Waals surface area contributed by atoms with Gasteiger partial charge in [-0.25, -0.2) is 4.39 Å². The van der Waals surface area contributed by atoms with Crippen LogP contribution in [0.2, 0.25) is 5.02 Å². The first kappa shape index (κ1) is 8.26. The summed E-state index contributed by atoms with van der Waals surface area (Å²) in [5, 5.41) is 6.64. The van der Waals surface area contributed by atoms with Gasteiger partial charge in [0.2, 0.25) is 0 Å². The first-order valence-corrected chi connectivity index (χ1v) is 4.10. The minimum atomic E-state index is -0.395. The Morgan fingerprint density at radius 2 is 2.08 bits per heavy atom. The Labute approximate surface area is 79.4 Å². The molecule has 2 aromatic rings. The standard InChI is InChI=1S/C9H6ClFN2/c10-7-4-2-1-3-6(7)9-8(11)5-12-13-9/h1-5H,(H,12,13). The molecule has 0 fully saturated rings. The molecule has 2 rings (SSSR count). The second kappa shape index (κ2) is 3.18. The third-order valence-corrected chi connectivity index (χ3v) is 2.07. The van der Waals surface area contributed by atoms with Crippen LogP contribution in [0.4, 0.5) is 4.39 Å². The molecule has 4 heteroatoms. The predicted octanol–water partition coefficient (Wildman–Crippen LogP) is 2.87. The highest BCUT2D eigenvalue weighted by atomic mass is 35.5. The molecule has 0 radical (unpaired) electrons. The zero-order chi connectivity index (χ0) is 9.26. The zero-order valence-corrected chi connectivity index (χ0v) is 7.35. The van der Waals surface area contributed by atoms with Gasteiger partial charge >= 0.3 is 0 Å². The fraction of sp³-hybridized carbons (Fsp3) is 0. The van der Waals surface area contributed by atoms with E-state index in [4.69, 9.17) is 11.6 Å². The summed E-state index contributed by atoms with van der Waals surface area (Å²) >= 11 is 5.87. The van der Waals surface area contributed by atoms with Crippen molar-refractivity contribution in [3.8, 4) is 11.3 Å². The molecule has 0 aliphatic rings. The van der Waals surface area contributed by atoms with Crippen LogP contribution in [0.15, 0.2) is 30.5 Å². The van der Waals surface area contributed by atoms with Crippen LogP contribution in [0.5, 0.6) is 0 Å². The number of hydrogen-bond donors (Lipinski definition) is 1. The average molecular weight is 197 g/mol. The summed E-state index contributed by atoms with van der Waals surface area (Å²) in [5.74, 6) is -0.395. The van der Waals surface area contributed by atoms with Crippen molar-refractivity contribution in [2.75, 3.05) is 0 Å². The molecule has 66 valence electrons. The SMILES string of the molecule is Fc1cn[nH]c1-c1ccccc1Cl. The maximum atomic E-state index is 13.1. The maximum Gasteiger partial charge on any atom is 0.168 e. The molecule has 0 bridgehead atoms. The highest BCUT2D eigenvalue weighted by Crippen LogP contribution is 2.27. The lowest BCUT2D eigenvalue weighted by atomic mass is 10.1. The van der Waals surface area contributed by atoms with Crippen molar-refractivity contribution in [1.82, 2.24) is 10.2 Å². The van der Waals surface area contributed by atoms with Gasteiger partial charge in [-0.1, -0.05) is 29.8 Å². The van der Waals surface area contributed by atoms with Gasteiger partial charge in [-0.15, -0.1) is 0 Å². The van der Waals surface area contributed by atoms with E-state index in [1.807, 2.05) is 0 Å². The monoisotopic (exact) mass is 196 g/mol. The largest absolute Gasteiger partial charge is 0.275 e. The van der Waals surface area contributed by atoms with Gasteiger partial charge in [-0.3, -0.25) is 5.10 Å². The zero-order valence-electron chi connectivity index (χ0n) is 6.59. The lowest BCUT2D eigenvalue weighted by Gasteiger charge is -1.99. The lowest BCUT2D eigenvalue weighted by molar-refractivity contribution is 0.632. The third-order valence-electron chi connectivity index (χ3n) is 1.74. The van der Waals surface area contributed by atoms with Crippen molar-refractivity contribution in [2.45, 2.75) is 0 Å². The molecule has 0 spiro atoms. The van der Waals surface area contributed by atoms with Gasteiger partial charge in [0.15, 0.2) is 5.82 Å². The number of aromatic nitrogens is 2. The molecule has 1 aromatic heterocycles. The predicted molar refractivity (Wildman–Crippen MR) is 49.0 cm³/mol. The Morgan fingerprint density at radius 1 is 1.31 bits per heavy atom. The van der Waals surface area contributed by atoms with Crippen LogP contribution in [-0.2, 0) is 0 Å². The molecule has 0 atom stereocenters. The van der Waals surface area contributed by atoms with Gasteiger partial charge in [0.05, 0.1) is 11.2 Å². The molecule has 2 nitrogen and oxygen atoms in total. The molecule has 0 saturated carbocycles. The smallest absolute Gasteiger partial charge is 0.168 e. The van der Waals surface area contributed by atoms with E-state index in [0.29, 0.717) is 16.3 Å². The summed E-state index contributed by atoms with van der Waals surface area (Å²) in [7, 11) is 0. The minimum Gasteiger partial charge on any atom is -0.275 e. The van der Waals surface area contributed by atoms with Crippen molar-refractivity contribution in [3.63, 3.8) is 0 Å². The number of halogens is 2.